The summed E-state index contributed by atoms with van der Waals surface area (Å²) in [5.41, 5.74) is 0. The first-order valence-electron chi connectivity index (χ1n) is 4.95. The van der Waals surface area contributed by atoms with Crippen LogP contribution in [0, 0.1) is 0 Å². The predicted octanol–water partition coefficient (Wildman–Crippen LogP) is 3.66. The van der Waals surface area contributed by atoms with Gasteiger partial charge in [-0.15, -0.1) is 0 Å². The van der Waals surface area contributed by atoms with E-state index in [4.69, 9.17) is 37.5 Å². The molecule has 0 fully saturated rings. The van der Waals surface area contributed by atoms with Crippen molar-refractivity contribution in [3.63, 3.8) is 0 Å². The maximum absolute atomic E-state index is 8.84. The quantitative estimate of drug-likeness (QED) is 0.924. The highest BCUT2D eigenvalue weighted by Crippen LogP contribution is 2.28. The summed E-state index contributed by atoms with van der Waals surface area (Å²) in [4.78, 5) is 0. The standard InChI is InChI=1S/C12H10Cl2O3/c13-8-1-4-11(14)12(5-8)16-7-10-3-2-9(6-15)17-10/h1-5,15H,6-7H2. The minimum absolute atomic E-state index is 0.127. The number of ether oxygens (including phenoxy) is 1. The molecule has 0 atom stereocenters. The lowest BCUT2D eigenvalue weighted by atomic mass is 10.3. The molecule has 0 saturated carbocycles. The average Bonchev–Trinajstić information content (AvgIpc) is 2.78. The molecule has 0 spiro atoms. The molecule has 1 heterocycles. The lowest BCUT2D eigenvalue weighted by Crippen LogP contribution is -1.94. The second-order valence-corrected chi connectivity index (χ2v) is 4.23. The van der Waals surface area contributed by atoms with Gasteiger partial charge in [-0.25, -0.2) is 0 Å². The summed E-state index contributed by atoms with van der Waals surface area (Å²) in [6.07, 6.45) is 0. The average molecular weight is 273 g/mol. The Morgan fingerprint density at radius 1 is 1.12 bits per heavy atom. The molecular weight excluding hydrogens is 263 g/mol. The first kappa shape index (κ1) is 12.3. The van der Waals surface area contributed by atoms with Gasteiger partial charge in [0.25, 0.3) is 0 Å². The molecule has 3 nitrogen and oxygen atoms in total. The van der Waals surface area contributed by atoms with Gasteiger partial charge in [-0.1, -0.05) is 23.2 Å². The molecule has 2 aromatic rings. The van der Waals surface area contributed by atoms with Crippen LogP contribution < -0.4 is 4.74 Å². The Bertz CT molecular complexity index is 508. The smallest absolute Gasteiger partial charge is 0.146 e. The van der Waals surface area contributed by atoms with E-state index < -0.39 is 0 Å². The van der Waals surface area contributed by atoms with Gasteiger partial charge in [-0.2, -0.15) is 0 Å². The Morgan fingerprint density at radius 3 is 2.59 bits per heavy atom. The van der Waals surface area contributed by atoms with Gasteiger partial charge in [0.2, 0.25) is 0 Å². The van der Waals surface area contributed by atoms with Crippen molar-refractivity contribution in [3.05, 3.63) is 51.9 Å². The first-order valence-corrected chi connectivity index (χ1v) is 5.71. The SMILES string of the molecule is OCc1ccc(COc2cc(Cl)ccc2Cl)o1. The summed E-state index contributed by atoms with van der Waals surface area (Å²) < 4.78 is 10.7. The number of hydrogen-bond acceptors (Lipinski definition) is 3. The first-order chi connectivity index (χ1) is 8.19. The second kappa shape index (κ2) is 5.45. The Hall–Kier alpha value is -1.16. The zero-order valence-corrected chi connectivity index (χ0v) is 10.3. The number of aliphatic hydroxyl groups is 1. The number of hydrogen-bond donors (Lipinski definition) is 1. The third kappa shape index (κ3) is 3.16. The van der Waals surface area contributed by atoms with Gasteiger partial charge in [-0.3, -0.25) is 0 Å². The summed E-state index contributed by atoms with van der Waals surface area (Å²) in [7, 11) is 0. The van der Waals surface area contributed by atoms with Crippen molar-refractivity contribution in [1.29, 1.82) is 0 Å². The molecule has 0 saturated heterocycles. The molecule has 0 unspecified atom stereocenters. The molecular formula is C12H10Cl2O3. The molecule has 0 aliphatic heterocycles. The topological polar surface area (TPSA) is 42.6 Å². The van der Waals surface area contributed by atoms with E-state index in [9.17, 15) is 0 Å². The van der Waals surface area contributed by atoms with E-state index in [0.717, 1.165) is 0 Å². The van der Waals surface area contributed by atoms with Gasteiger partial charge in [0, 0.05) is 11.1 Å². The summed E-state index contributed by atoms with van der Waals surface area (Å²) in [5, 5.41) is 9.89. The summed E-state index contributed by atoms with van der Waals surface area (Å²) in [5.74, 6) is 1.62. The number of furan rings is 1. The molecule has 1 aromatic carbocycles. The zero-order chi connectivity index (χ0) is 12.3. The van der Waals surface area contributed by atoms with Crippen molar-refractivity contribution in [2.45, 2.75) is 13.2 Å². The lowest BCUT2D eigenvalue weighted by Gasteiger charge is -2.06. The molecule has 0 bridgehead atoms. The van der Waals surface area contributed by atoms with E-state index in [1.807, 2.05) is 0 Å². The normalized spacial score (nSPS) is 10.5. The van der Waals surface area contributed by atoms with Gasteiger partial charge in [-0.05, 0) is 24.3 Å². The van der Waals surface area contributed by atoms with Crippen LogP contribution in [0.3, 0.4) is 0 Å². The van der Waals surface area contributed by atoms with E-state index in [0.29, 0.717) is 27.3 Å². The van der Waals surface area contributed by atoms with Crippen molar-refractivity contribution in [2.75, 3.05) is 0 Å². The largest absolute Gasteiger partial charge is 0.484 e. The van der Waals surface area contributed by atoms with Crippen molar-refractivity contribution in [3.8, 4) is 5.75 Å². The summed E-state index contributed by atoms with van der Waals surface area (Å²) in [6.45, 7) is 0.109. The molecule has 0 radical (unpaired) electrons. The fourth-order valence-electron chi connectivity index (χ4n) is 1.32. The minimum atomic E-state index is -0.127. The number of aliphatic hydroxyl groups excluding tert-OH is 1. The summed E-state index contributed by atoms with van der Waals surface area (Å²) >= 11 is 11.8. The van der Waals surface area contributed by atoms with Crippen LogP contribution in [0.2, 0.25) is 10.0 Å². The van der Waals surface area contributed by atoms with Crippen LogP contribution in [-0.2, 0) is 13.2 Å². The molecule has 1 aromatic heterocycles. The Labute approximate surface area is 109 Å². The molecule has 2 rings (SSSR count). The minimum Gasteiger partial charge on any atom is -0.484 e. The van der Waals surface area contributed by atoms with Gasteiger partial charge in [0.15, 0.2) is 0 Å². The van der Waals surface area contributed by atoms with Gasteiger partial charge in [0.05, 0.1) is 5.02 Å². The van der Waals surface area contributed by atoms with Crippen molar-refractivity contribution < 1.29 is 14.3 Å². The van der Waals surface area contributed by atoms with Gasteiger partial charge >= 0.3 is 0 Å². The third-order valence-corrected chi connectivity index (χ3v) is 2.68. The van der Waals surface area contributed by atoms with Gasteiger partial charge in [0.1, 0.15) is 30.5 Å². The van der Waals surface area contributed by atoms with Crippen LogP contribution in [0.4, 0.5) is 0 Å². The predicted molar refractivity (Wildman–Crippen MR) is 65.4 cm³/mol. The number of benzene rings is 1. The van der Waals surface area contributed by atoms with Crippen LogP contribution in [0.1, 0.15) is 11.5 Å². The third-order valence-electron chi connectivity index (χ3n) is 2.14. The fraction of sp³-hybridized carbons (Fsp3) is 0.167. The highest BCUT2D eigenvalue weighted by atomic mass is 35.5. The van der Waals surface area contributed by atoms with E-state index in [-0.39, 0.29) is 13.2 Å². The van der Waals surface area contributed by atoms with E-state index in [2.05, 4.69) is 0 Å². The molecule has 17 heavy (non-hydrogen) atoms. The van der Waals surface area contributed by atoms with Crippen LogP contribution >= 0.6 is 23.2 Å². The zero-order valence-electron chi connectivity index (χ0n) is 8.82. The highest BCUT2D eigenvalue weighted by molar-refractivity contribution is 6.34. The van der Waals surface area contributed by atoms with Crippen molar-refractivity contribution in [2.24, 2.45) is 0 Å². The van der Waals surface area contributed by atoms with Crippen molar-refractivity contribution >= 4 is 23.2 Å². The Balaban J connectivity index is 2.04. The number of rotatable bonds is 4. The number of halogens is 2. The molecule has 90 valence electrons. The second-order valence-electron chi connectivity index (χ2n) is 3.39. The highest BCUT2D eigenvalue weighted by Gasteiger charge is 2.05. The molecule has 5 heteroatoms. The summed E-state index contributed by atoms with van der Waals surface area (Å²) in [6, 6.07) is 8.43. The molecule has 0 amide bonds. The van der Waals surface area contributed by atoms with E-state index >= 15 is 0 Å². The van der Waals surface area contributed by atoms with Crippen LogP contribution in [0.25, 0.3) is 0 Å². The van der Waals surface area contributed by atoms with Crippen LogP contribution in [-0.4, -0.2) is 5.11 Å². The monoisotopic (exact) mass is 272 g/mol. The fourth-order valence-corrected chi connectivity index (χ4v) is 1.66. The maximum Gasteiger partial charge on any atom is 0.146 e. The molecule has 0 aliphatic carbocycles. The Morgan fingerprint density at radius 2 is 1.88 bits per heavy atom. The van der Waals surface area contributed by atoms with E-state index in [1.165, 1.54) is 0 Å². The molecule has 0 aliphatic rings. The van der Waals surface area contributed by atoms with Crippen molar-refractivity contribution in [1.82, 2.24) is 0 Å². The van der Waals surface area contributed by atoms with Crippen LogP contribution in [0.5, 0.6) is 5.75 Å². The maximum atomic E-state index is 8.84. The lowest BCUT2D eigenvalue weighted by molar-refractivity contribution is 0.225. The van der Waals surface area contributed by atoms with Crippen LogP contribution in [0.15, 0.2) is 34.7 Å². The van der Waals surface area contributed by atoms with Gasteiger partial charge < -0.3 is 14.3 Å². The van der Waals surface area contributed by atoms with E-state index in [1.54, 1.807) is 30.3 Å². The Kier molecular flexibility index (Phi) is 3.94. The molecule has 1 N–H and O–H groups in total.